The van der Waals surface area contributed by atoms with Crippen LogP contribution in [-0.4, -0.2) is 76.9 Å². The maximum atomic E-state index is 5.43. The highest BCUT2D eigenvalue weighted by molar-refractivity contribution is 14.0. The van der Waals surface area contributed by atoms with Crippen molar-refractivity contribution >= 4 is 35.6 Å². The zero-order valence-corrected chi connectivity index (χ0v) is 21.9. The van der Waals surface area contributed by atoms with Crippen LogP contribution in [0.25, 0.3) is 0 Å². The van der Waals surface area contributed by atoms with Gasteiger partial charge < -0.3 is 29.9 Å². The minimum Gasteiger partial charge on any atom is -0.497 e. The molecular formula is C23H40IN5O2. The van der Waals surface area contributed by atoms with E-state index in [4.69, 9.17) is 14.5 Å². The SMILES string of the molecule is CCCN1CCC(CN=C(NCC)NC2CCN(c3cc(OC)cc(OC)c3)C2)C1.I. The molecule has 0 radical (unpaired) electrons. The summed E-state index contributed by atoms with van der Waals surface area (Å²) in [6, 6.07) is 6.44. The van der Waals surface area contributed by atoms with Crippen LogP contribution in [0.15, 0.2) is 23.2 Å². The monoisotopic (exact) mass is 545 g/mol. The molecule has 0 spiro atoms. The van der Waals surface area contributed by atoms with Crippen molar-refractivity contribution in [3.63, 3.8) is 0 Å². The van der Waals surface area contributed by atoms with E-state index in [9.17, 15) is 0 Å². The molecule has 2 atom stereocenters. The fraction of sp³-hybridized carbons (Fsp3) is 0.696. The van der Waals surface area contributed by atoms with Gasteiger partial charge in [0, 0.05) is 62.7 Å². The number of likely N-dealkylation sites (tertiary alicyclic amines) is 1. The molecule has 0 aliphatic carbocycles. The van der Waals surface area contributed by atoms with E-state index in [1.807, 2.05) is 6.07 Å². The number of hydrogen-bond donors (Lipinski definition) is 2. The summed E-state index contributed by atoms with van der Waals surface area (Å²) >= 11 is 0. The number of nitrogens with one attached hydrogen (secondary N) is 2. The van der Waals surface area contributed by atoms with E-state index in [-0.39, 0.29) is 24.0 Å². The van der Waals surface area contributed by atoms with Crippen molar-refractivity contribution in [3.05, 3.63) is 18.2 Å². The highest BCUT2D eigenvalue weighted by Gasteiger charge is 2.25. The minimum atomic E-state index is 0. The molecule has 0 saturated carbocycles. The van der Waals surface area contributed by atoms with Crippen LogP contribution < -0.4 is 25.0 Å². The summed E-state index contributed by atoms with van der Waals surface area (Å²) in [5.41, 5.74) is 1.14. The summed E-state index contributed by atoms with van der Waals surface area (Å²) in [4.78, 5) is 9.86. The zero-order chi connectivity index (χ0) is 21.3. The lowest BCUT2D eigenvalue weighted by molar-refractivity contribution is 0.326. The van der Waals surface area contributed by atoms with Crippen LogP contribution in [0.4, 0.5) is 5.69 Å². The van der Waals surface area contributed by atoms with Gasteiger partial charge in [0.2, 0.25) is 0 Å². The number of rotatable bonds is 9. The number of halogens is 1. The van der Waals surface area contributed by atoms with Crippen molar-refractivity contribution in [2.24, 2.45) is 10.9 Å². The molecule has 0 bridgehead atoms. The van der Waals surface area contributed by atoms with E-state index in [2.05, 4.69) is 46.4 Å². The molecule has 2 unspecified atom stereocenters. The number of nitrogens with zero attached hydrogens (tertiary/aromatic N) is 3. The van der Waals surface area contributed by atoms with Gasteiger partial charge in [0.05, 0.1) is 14.2 Å². The molecule has 8 heteroatoms. The van der Waals surface area contributed by atoms with Gasteiger partial charge in [-0.1, -0.05) is 6.92 Å². The first kappa shape index (κ1) is 25.8. The molecule has 3 rings (SSSR count). The second-order valence-corrected chi connectivity index (χ2v) is 8.32. The molecule has 1 aromatic carbocycles. The van der Waals surface area contributed by atoms with E-state index in [0.717, 1.165) is 55.7 Å². The molecule has 7 nitrogen and oxygen atoms in total. The Kier molecular flexibility index (Phi) is 11.0. The Morgan fingerprint density at radius 2 is 1.81 bits per heavy atom. The predicted octanol–water partition coefficient (Wildman–Crippen LogP) is 3.19. The Hall–Kier alpha value is -1.42. The molecule has 2 saturated heterocycles. The molecule has 2 heterocycles. The molecule has 2 aliphatic heterocycles. The molecule has 2 fully saturated rings. The number of methoxy groups -OCH3 is 2. The van der Waals surface area contributed by atoms with Gasteiger partial charge in [-0.15, -0.1) is 24.0 Å². The summed E-state index contributed by atoms with van der Waals surface area (Å²) in [7, 11) is 3.38. The van der Waals surface area contributed by atoms with Gasteiger partial charge >= 0.3 is 0 Å². The van der Waals surface area contributed by atoms with Crippen molar-refractivity contribution in [2.45, 2.75) is 39.2 Å². The Morgan fingerprint density at radius 3 is 2.45 bits per heavy atom. The lowest BCUT2D eigenvalue weighted by Crippen LogP contribution is -2.45. The van der Waals surface area contributed by atoms with Gasteiger partial charge in [0.25, 0.3) is 0 Å². The second-order valence-electron chi connectivity index (χ2n) is 8.32. The van der Waals surface area contributed by atoms with Crippen molar-refractivity contribution in [1.29, 1.82) is 0 Å². The third-order valence-corrected chi connectivity index (χ3v) is 5.99. The molecule has 2 N–H and O–H groups in total. The predicted molar refractivity (Wildman–Crippen MR) is 140 cm³/mol. The first-order valence-corrected chi connectivity index (χ1v) is 11.4. The summed E-state index contributed by atoms with van der Waals surface area (Å²) in [5.74, 6) is 3.27. The van der Waals surface area contributed by atoms with Crippen molar-refractivity contribution in [3.8, 4) is 11.5 Å². The standard InChI is InChI=1S/C23H39N5O2.HI/c1-5-9-27-10-7-18(16-27)15-25-23(24-6-2)26-19-8-11-28(17-19)20-12-21(29-3)14-22(13-20)30-4;/h12-14,18-19H,5-11,15-17H2,1-4H3,(H2,24,25,26);1H. The Morgan fingerprint density at radius 1 is 1.06 bits per heavy atom. The Balaban J connectivity index is 0.00000341. The lowest BCUT2D eigenvalue weighted by atomic mass is 10.1. The van der Waals surface area contributed by atoms with Crippen LogP contribution in [-0.2, 0) is 0 Å². The summed E-state index contributed by atoms with van der Waals surface area (Å²) in [6.45, 7) is 11.7. The van der Waals surface area contributed by atoms with E-state index in [1.165, 1.54) is 32.5 Å². The van der Waals surface area contributed by atoms with Crippen molar-refractivity contribution in [1.82, 2.24) is 15.5 Å². The van der Waals surface area contributed by atoms with E-state index >= 15 is 0 Å². The average molecular weight is 546 g/mol. The van der Waals surface area contributed by atoms with Crippen LogP contribution in [0.5, 0.6) is 11.5 Å². The van der Waals surface area contributed by atoms with Crippen molar-refractivity contribution in [2.75, 3.05) is 64.9 Å². The number of anilines is 1. The normalized spacial score (nSPS) is 21.7. The van der Waals surface area contributed by atoms with Gasteiger partial charge in [-0.3, -0.25) is 4.99 Å². The highest BCUT2D eigenvalue weighted by Crippen LogP contribution is 2.30. The van der Waals surface area contributed by atoms with Crippen molar-refractivity contribution < 1.29 is 9.47 Å². The summed E-state index contributed by atoms with van der Waals surface area (Å²) in [5, 5.41) is 7.08. The Labute approximate surface area is 205 Å². The van der Waals surface area contributed by atoms with Crippen LogP contribution >= 0.6 is 24.0 Å². The molecule has 176 valence electrons. The van der Waals surface area contributed by atoms with Gasteiger partial charge in [0.15, 0.2) is 5.96 Å². The van der Waals surface area contributed by atoms with Gasteiger partial charge in [0.1, 0.15) is 11.5 Å². The quantitative estimate of drug-likeness (QED) is 0.283. The number of benzene rings is 1. The third-order valence-electron chi connectivity index (χ3n) is 5.99. The molecule has 31 heavy (non-hydrogen) atoms. The highest BCUT2D eigenvalue weighted by atomic mass is 127. The molecule has 0 amide bonds. The first-order valence-electron chi connectivity index (χ1n) is 11.4. The van der Waals surface area contributed by atoms with Gasteiger partial charge in [-0.2, -0.15) is 0 Å². The fourth-order valence-corrected chi connectivity index (χ4v) is 4.40. The maximum Gasteiger partial charge on any atom is 0.191 e. The summed E-state index contributed by atoms with van der Waals surface area (Å²) < 4.78 is 10.9. The van der Waals surface area contributed by atoms with E-state index in [1.54, 1.807) is 14.2 Å². The number of guanidine groups is 1. The molecule has 1 aromatic rings. The minimum absolute atomic E-state index is 0. The maximum absolute atomic E-state index is 5.43. The van der Waals surface area contributed by atoms with Crippen LogP contribution in [0.3, 0.4) is 0 Å². The number of aliphatic imine (C=N–C) groups is 1. The van der Waals surface area contributed by atoms with Crippen LogP contribution in [0.1, 0.15) is 33.1 Å². The average Bonchev–Trinajstić information content (AvgIpc) is 3.41. The lowest BCUT2D eigenvalue weighted by Gasteiger charge is -2.21. The van der Waals surface area contributed by atoms with Crippen LogP contribution in [0, 0.1) is 5.92 Å². The van der Waals surface area contributed by atoms with E-state index < -0.39 is 0 Å². The molecular weight excluding hydrogens is 505 g/mol. The zero-order valence-electron chi connectivity index (χ0n) is 19.5. The fourth-order valence-electron chi connectivity index (χ4n) is 4.40. The molecule has 0 aromatic heterocycles. The Bertz CT molecular complexity index is 680. The smallest absolute Gasteiger partial charge is 0.191 e. The topological polar surface area (TPSA) is 61.4 Å². The second kappa shape index (κ2) is 13.2. The van der Waals surface area contributed by atoms with Crippen LogP contribution in [0.2, 0.25) is 0 Å². The largest absolute Gasteiger partial charge is 0.497 e. The van der Waals surface area contributed by atoms with Gasteiger partial charge in [-0.25, -0.2) is 0 Å². The summed E-state index contributed by atoms with van der Waals surface area (Å²) in [6.07, 6.45) is 3.58. The van der Waals surface area contributed by atoms with Gasteiger partial charge in [-0.05, 0) is 45.2 Å². The van der Waals surface area contributed by atoms with E-state index in [0.29, 0.717) is 12.0 Å². The molecule has 2 aliphatic rings. The number of hydrogen-bond acceptors (Lipinski definition) is 5. The third kappa shape index (κ3) is 7.59. The first-order chi connectivity index (χ1) is 14.6. The number of ether oxygens (including phenoxy) is 2.